The van der Waals surface area contributed by atoms with Crippen molar-refractivity contribution in [1.82, 2.24) is 9.99 Å². The molecule has 4 rings (SSSR count). The molecule has 0 saturated heterocycles. The minimum absolute atomic E-state index is 0.107. The first-order valence-corrected chi connectivity index (χ1v) is 13.7. The summed E-state index contributed by atoms with van der Waals surface area (Å²) in [7, 11) is -3.97. The number of aromatic nitrogens is 1. The molecule has 0 aliphatic heterocycles. The summed E-state index contributed by atoms with van der Waals surface area (Å²) in [6, 6.07) is 23.4. The quantitative estimate of drug-likeness (QED) is 0.247. The minimum atomic E-state index is -3.97. The second-order valence-corrected chi connectivity index (χ2v) is 11.3. The summed E-state index contributed by atoms with van der Waals surface area (Å²) in [6.45, 7) is 9.67. The van der Waals surface area contributed by atoms with Gasteiger partial charge in [0.2, 0.25) is 0 Å². The van der Waals surface area contributed by atoms with E-state index < -0.39 is 22.5 Å². The number of anilines is 1. The van der Waals surface area contributed by atoms with E-state index in [1.54, 1.807) is 36.5 Å². The van der Waals surface area contributed by atoms with Gasteiger partial charge in [0.15, 0.2) is 0 Å². The maximum Gasteiger partial charge on any atom is 0.264 e. The monoisotopic (exact) mass is 528 g/mol. The molecular formula is C30H32N4O3S. The maximum absolute atomic E-state index is 13.4. The lowest BCUT2D eigenvalue weighted by atomic mass is 10.1. The van der Waals surface area contributed by atoms with Gasteiger partial charge in [-0.3, -0.25) is 9.10 Å². The van der Waals surface area contributed by atoms with Crippen molar-refractivity contribution in [2.75, 3.05) is 10.8 Å². The van der Waals surface area contributed by atoms with E-state index in [4.69, 9.17) is 0 Å². The Morgan fingerprint density at radius 1 is 0.895 bits per heavy atom. The third-order valence-electron chi connectivity index (χ3n) is 6.40. The molecule has 0 atom stereocenters. The zero-order valence-electron chi connectivity index (χ0n) is 22.3. The highest BCUT2D eigenvalue weighted by Crippen LogP contribution is 2.25. The largest absolute Gasteiger partial charge is 0.318 e. The third kappa shape index (κ3) is 5.70. The Kier molecular flexibility index (Phi) is 7.83. The van der Waals surface area contributed by atoms with Gasteiger partial charge in [0, 0.05) is 22.6 Å². The first kappa shape index (κ1) is 26.9. The zero-order valence-corrected chi connectivity index (χ0v) is 23.1. The summed E-state index contributed by atoms with van der Waals surface area (Å²) in [5.41, 5.74) is 10.2. The molecule has 38 heavy (non-hydrogen) atoms. The minimum Gasteiger partial charge on any atom is -0.318 e. The van der Waals surface area contributed by atoms with Gasteiger partial charge in [0.05, 0.1) is 16.8 Å². The van der Waals surface area contributed by atoms with Crippen LogP contribution in [-0.2, 0) is 14.8 Å². The van der Waals surface area contributed by atoms with Gasteiger partial charge >= 0.3 is 0 Å². The van der Waals surface area contributed by atoms with Crippen molar-refractivity contribution in [3.05, 3.63) is 113 Å². The second-order valence-electron chi connectivity index (χ2n) is 9.41. The fourth-order valence-corrected chi connectivity index (χ4v) is 5.87. The molecule has 0 aliphatic rings. The molecule has 196 valence electrons. The van der Waals surface area contributed by atoms with Crippen LogP contribution >= 0.6 is 0 Å². The molecule has 0 saturated carbocycles. The van der Waals surface area contributed by atoms with E-state index in [2.05, 4.69) is 47.1 Å². The summed E-state index contributed by atoms with van der Waals surface area (Å²) in [5.74, 6) is -0.551. The molecule has 3 aromatic carbocycles. The van der Waals surface area contributed by atoms with Crippen molar-refractivity contribution in [3.63, 3.8) is 0 Å². The van der Waals surface area contributed by atoms with Gasteiger partial charge in [-0.2, -0.15) is 5.10 Å². The molecule has 0 fully saturated rings. The van der Waals surface area contributed by atoms with Crippen molar-refractivity contribution < 1.29 is 13.2 Å². The number of nitrogens with one attached hydrogen (secondary N) is 1. The summed E-state index contributed by atoms with van der Waals surface area (Å²) < 4.78 is 30.1. The molecule has 1 N–H and O–H groups in total. The molecule has 1 heterocycles. The first-order valence-electron chi connectivity index (χ1n) is 12.3. The summed E-state index contributed by atoms with van der Waals surface area (Å²) >= 11 is 0. The molecule has 4 aromatic rings. The van der Waals surface area contributed by atoms with Crippen LogP contribution in [0, 0.1) is 34.6 Å². The Morgan fingerprint density at radius 3 is 2.21 bits per heavy atom. The van der Waals surface area contributed by atoms with Crippen molar-refractivity contribution in [3.8, 4) is 5.69 Å². The molecule has 0 aliphatic carbocycles. The average molecular weight is 529 g/mol. The Hall–Kier alpha value is -4.17. The van der Waals surface area contributed by atoms with Gasteiger partial charge in [-0.25, -0.2) is 13.8 Å². The van der Waals surface area contributed by atoms with Gasteiger partial charge in [-0.1, -0.05) is 53.6 Å². The number of sulfonamides is 1. The Morgan fingerprint density at radius 2 is 1.55 bits per heavy atom. The molecule has 1 aromatic heterocycles. The number of rotatable bonds is 8. The smallest absolute Gasteiger partial charge is 0.264 e. The van der Waals surface area contributed by atoms with Crippen molar-refractivity contribution in [1.29, 1.82) is 0 Å². The first-order chi connectivity index (χ1) is 18.1. The van der Waals surface area contributed by atoms with E-state index in [1.807, 2.05) is 39.0 Å². The fraction of sp³-hybridized carbons (Fsp3) is 0.200. The van der Waals surface area contributed by atoms with Crippen molar-refractivity contribution in [2.45, 2.75) is 39.5 Å². The average Bonchev–Trinajstić information content (AvgIpc) is 3.16. The van der Waals surface area contributed by atoms with Gasteiger partial charge in [-0.15, -0.1) is 0 Å². The van der Waals surface area contributed by atoms with Crippen LogP contribution in [0.4, 0.5) is 5.69 Å². The number of benzene rings is 3. The summed E-state index contributed by atoms with van der Waals surface area (Å²) in [5, 5.41) is 4.14. The highest BCUT2D eigenvalue weighted by atomic mass is 32.2. The Labute approximate surface area is 224 Å². The van der Waals surface area contributed by atoms with Gasteiger partial charge in [0.1, 0.15) is 6.54 Å². The van der Waals surface area contributed by atoms with E-state index in [0.717, 1.165) is 32.5 Å². The van der Waals surface area contributed by atoms with Crippen LogP contribution in [0.1, 0.15) is 33.6 Å². The molecule has 0 bridgehead atoms. The van der Waals surface area contributed by atoms with Gasteiger partial charge < -0.3 is 4.57 Å². The van der Waals surface area contributed by atoms with Crippen LogP contribution in [0.2, 0.25) is 0 Å². The molecule has 0 unspecified atom stereocenters. The van der Waals surface area contributed by atoms with Crippen LogP contribution in [0.5, 0.6) is 0 Å². The standard InChI is InChI=1S/C30H32N4O3S/c1-21-11-14-27(15-12-21)33(38(36,37)28-9-7-6-8-10-28)20-30(35)32-31-19-26-18-24(4)34(25(26)5)29-16-13-22(2)17-23(29)3/h6-19H,20H2,1-5H3,(H,32,35)/b31-19-. The molecular weight excluding hydrogens is 496 g/mol. The summed E-state index contributed by atoms with van der Waals surface area (Å²) in [4.78, 5) is 13.0. The lowest BCUT2D eigenvalue weighted by Crippen LogP contribution is -2.39. The molecule has 1 amide bonds. The number of hydrogen-bond donors (Lipinski definition) is 1. The third-order valence-corrected chi connectivity index (χ3v) is 8.18. The zero-order chi connectivity index (χ0) is 27.4. The number of hydrogen-bond acceptors (Lipinski definition) is 4. The maximum atomic E-state index is 13.4. The second kappa shape index (κ2) is 11.1. The van der Waals surface area contributed by atoms with Gasteiger partial charge in [-0.05, 0) is 76.6 Å². The SMILES string of the molecule is Cc1ccc(N(CC(=O)N/N=C\c2cc(C)n(-c3ccc(C)cc3C)c2C)S(=O)(=O)c2ccccc2)cc1. The normalized spacial score (nSPS) is 11.6. The predicted octanol–water partition coefficient (Wildman–Crippen LogP) is 5.37. The topological polar surface area (TPSA) is 83.8 Å². The predicted molar refractivity (Wildman–Crippen MR) is 153 cm³/mol. The van der Waals surface area contributed by atoms with Crippen LogP contribution in [0.3, 0.4) is 0 Å². The Bertz CT molecular complexity index is 1590. The number of nitrogens with zero attached hydrogens (tertiary/aromatic N) is 3. The van der Waals surface area contributed by atoms with E-state index >= 15 is 0 Å². The lowest BCUT2D eigenvalue weighted by Gasteiger charge is -2.23. The highest BCUT2D eigenvalue weighted by molar-refractivity contribution is 7.92. The van der Waals surface area contributed by atoms with E-state index in [-0.39, 0.29) is 4.90 Å². The van der Waals surface area contributed by atoms with Crippen LogP contribution in [0.25, 0.3) is 5.69 Å². The number of amides is 1. The molecule has 0 radical (unpaired) electrons. The number of aryl methyl sites for hydroxylation is 4. The van der Waals surface area contributed by atoms with E-state index in [0.29, 0.717) is 5.69 Å². The summed E-state index contributed by atoms with van der Waals surface area (Å²) in [6.07, 6.45) is 1.59. The molecule has 8 heteroatoms. The van der Waals surface area contributed by atoms with E-state index in [9.17, 15) is 13.2 Å². The Balaban J connectivity index is 1.55. The molecule has 7 nitrogen and oxygen atoms in total. The van der Waals surface area contributed by atoms with Gasteiger partial charge in [0.25, 0.3) is 15.9 Å². The lowest BCUT2D eigenvalue weighted by molar-refractivity contribution is -0.119. The van der Waals surface area contributed by atoms with Crippen molar-refractivity contribution >= 4 is 27.8 Å². The van der Waals surface area contributed by atoms with Crippen LogP contribution in [-0.4, -0.2) is 31.7 Å². The molecule has 0 spiro atoms. The van der Waals surface area contributed by atoms with Crippen LogP contribution in [0.15, 0.2) is 88.9 Å². The number of hydrazone groups is 1. The van der Waals surface area contributed by atoms with Crippen molar-refractivity contribution in [2.24, 2.45) is 5.10 Å². The highest BCUT2D eigenvalue weighted by Gasteiger charge is 2.27. The van der Waals surface area contributed by atoms with Crippen LogP contribution < -0.4 is 9.73 Å². The van der Waals surface area contributed by atoms with E-state index in [1.165, 1.54) is 23.3 Å². The number of carbonyl (C=O) groups excluding carboxylic acids is 1. The fourth-order valence-electron chi connectivity index (χ4n) is 4.43. The number of carbonyl (C=O) groups is 1.